The lowest BCUT2D eigenvalue weighted by Crippen LogP contribution is -2.43. The van der Waals surface area contributed by atoms with Crippen molar-refractivity contribution in [1.82, 2.24) is 4.31 Å². The van der Waals surface area contributed by atoms with Gasteiger partial charge in [0.05, 0.1) is 4.90 Å². The van der Waals surface area contributed by atoms with Crippen molar-refractivity contribution in [2.45, 2.75) is 30.7 Å². The minimum Gasteiger partial charge on any atom is -0.325 e. The van der Waals surface area contributed by atoms with Gasteiger partial charge in [0.2, 0.25) is 15.9 Å². The molecule has 5 nitrogen and oxygen atoms in total. The molecule has 132 valence electrons. The highest BCUT2D eigenvalue weighted by Gasteiger charge is 2.39. The van der Waals surface area contributed by atoms with Crippen LogP contribution in [0.3, 0.4) is 0 Å². The Morgan fingerprint density at radius 1 is 1.20 bits per heavy atom. The second-order valence-electron chi connectivity index (χ2n) is 6.09. The van der Waals surface area contributed by atoms with Crippen LogP contribution in [0.4, 0.5) is 5.69 Å². The van der Waals surface area contributed by atoms with Crippen molar-refractivity contribution in [3.63, 3.8) is 0 Å². The molecule has 7 heteroatoms. The zero-order chi connectivity index (χ0) is 18.0. The van der Waals surface area contributed by atoms with E-state index in [9.17, 15) is 13.2 Å². The second kappa shape index (κ2) is 7.15. The minimum atomic E-state index is -3.70. The molecule has 0 saturated carbocycles. The van der Waals surface area contributed by atoms with Crippen LogP contribution in [-0.4, -0.2) is 31.2 Å². The molecule has 1 aliphatic rings. The molecule has 1 atom stereocenters. The number of carbonyl (C=O) groups is 1. The molecule has 1 amide bonds. The summed E-state index contributed by atoms with van der Waals surface area (Å²) in [7, 11) is -3.70. The summed E-state index contributed by atoms with van der Waals surface area (Å²) >= 11 is 5.84. The number of benzene rings is 2. The lowest BCUT2D eigenvalue weighted by molar-refractivity contribution is -0.119. The maximum atomic E-state index is 12.9. The highest BCUT2D eigenvalue weighted by Crippen LogP contribution is 2.27. The first kappa shape index (κ1) is 17.9. The molecule has 1 aliphatic heterocycles. The number of nitrogens with one attached hydrogen (secondary N) is 1. The zero-order valence-electron chi connectivity index (χ0n) is 13.8. The van der Waals surface area contributed by atoms with Crippen LogP contribution in [0.5, 0.6) is 0 Å². The molecule has 2 aromatic rings. The quantitative estimate of drug-likeness (QED) is 0.886. The summed E-state index contributed by atoms with van der Waals surface area (Å²) < 4.78 is 27.2. The van der Waals surface area contributed by atoms with Crippen molar-refractivity contribution in [3.05, 3.63) is 59.1 Å². The predicted molar refractivity (Wildman–Crippen MR) is 98.2 cm³/mol. The predicted octanol–water partition coefficient (Wildman–Crippen LogP) is 3.44. The molecule has 0 radical (unpaired) electrons. The highest BCUT2D eigenvalue weighted by molar-refractivity contribution is 7.89. The fourth-order valence-electron chi connectivity index (χ4n) is 2.96. The van der Waals surface area contributed by atoms with Gasteiger partial charge in [-0.1, -0.05) is 23.7 Å². The van der Waals surface area contributed by atoms with E-state index in [0.29, 0.717) is 30.1 Å². The van der Waals surface area contributed by atoms with Gasteiger partial charge in [0.15, 0.2) is 0 Å². The number of sulfonamides is 1. The molecular weight excluding hydrogens is 360 g/mol. The van der Waals surface area contributed by atoms with Crippen molar-refractivity contribution in [2.24, 2.45) is 0 Å². The van der Waals surface area contributed by atoms with Crippen LogP contribution in [0.1, 0.15) is 18.4 Å². The highest BCUT2D eigenvalue weighted by atomic mass is 35.5. The molecule has 0 spiro atoms. The molecule has 0 unspecified atom stereocenters. The van der Waals surface area contributed by atoms with Gasteiger partial charge in [-0.2, -0.15) is 4.31 Å². The van der Waals surface area contributed by atoms with Crippen LogP contribution in [0.15, 0.2) is 53.4 Å². The minimum absolute atomic E-state index is 0.221. The molecule has 1 N–H and O–H groups in total. The molecule has 25 heavy (non-hydrogen) atoms. The molecule has 0 bridgehead atoms. The van der Waals surface area contributed by atoms with Crippen molar-refractivity contribution < 1.29 is 13.2 Å². The molecule has 1 fully saturated rings. The Labute approximate surface area is 152 Å². The third-order valence-electron chi connectivity index (χ3n) is 4.21. The number of rotatable bonds is 4. The zero-order valence-corrected chi connectivity index (χ0v) is 15.3. The smallest absolute Gasteiger partial charge is 0.243 e. The summed E-state index contributed by atoms with van der Waals surface area (Å²) in [5.74, 6) is -0.323. The summed E-state index contributed by atoms with van der Waals surface area (Å²) in [5.41, 5.74) is 1.46. The van der Waals surface area contributed by atoms with Gasteiger partial charge in [0.1, 0.15) is 6.04 Å². The van der Waals surface area contributed by atoms with Crippen molar-refractivity contribution in [2.75, 3.05) is 11.9 Å². The fraction of sp³-hybridized carbons (Fsp3) is 0.278. The summed E-state index contributed by atoms with van der Waals surface area (Å²) in [4.78, 5) is 12.8. The lowest BCUT2D eigenvalue weighted by Gasteiger charge is -2.23. The topological polar surface area (TPSA) is 66.5 Å². The van der Waals surface area contributed by atoms with E-state index in [4.69, 9.17) is 11.6 Å². The Hall–Kier alpha value is -1.89. The first-order valence-corrected chi connectivity index (χ1v) is 9.85. The van der Waals surface area contributed by atoms with Crippen molar-refractivity contribution in [3.8, 4) is 0 Å². The Morgan fingerprint density at radius 3 is 2.60 bits per heavy atom. The summed E-state index contributed by atoms with van der Waals surface area (Å²) in [6.07, 6.45) is 1.16. The SMILES string of the molecule is Cc1cccc(S(=O)(=O)N2CCC[C@H]2C(=O)Nc2ccc(Cl)cc2)c1. The number of hydrogen-bond donors (Lipinski definition) is 1. The summed E-state index contributed by atoms with van der Waals surface area (Å²) in [6, 6.07) is 12.8. The van der Waals surface area contributed by atoms with Crippen LogP contribution >= 0.6 is 11.6 Å². The van der Waals surface area contributed by atoms with Crippen LogP contribution in [0.25, 0.3) is 0 Å². The van der Waals surface area contributed by atoms with E-state index in [1.54, 1.807) is 42.5 Å². The van der Waals surface area contributed by atoms with Gasteiger partial charge >= 0.3 is 0 Å². The number of anilines is 1. The number of hydrogen-bond acceptors (Lipinski definition) is 3. The fourth-order valence-corrected chi connectivity index (χ4v) is 4.85. The van der Waals surface area contributed by atoms with Crippen LogP contribution in [0, 0.1) is 6.92 Å². The van der Waals surface area contributed by atoms with E-state index in [-0.39, 0.29) is 10.8 Å². The van der Waals surface area contributed by atoms with Crippen LogP contribution in [-0.2, 0) is 14.8 Å². The number of aryl methyl sites for hydroxylation is 1. The normalized spacial score (nSPS) is 18.2. The number of nitrogens with zero attached hydrogens (tertiary/aromatic N) is 1. The van der Waals surface area contributed by atoms with Gasteiger partial charge in [-0.05, 0) is 61.7 Å². The second-order valence-corrected chi connectivity index (χ2v) is 8.41. The maximum absolute atomic E-state index is 12.9. The number of carbonyl (C=O) groups excluding carboxylic acids is 1. The standard InChI is InChI=1S/C18H19ClN2O3S/c1-13-4-2-5-16(12-13)25(23,24)21-11-3-6-17(21)18(22)20-15-9-7-14(19)8-10-15/h2,4-5,7-10,12,17H,3,6,11H2,1H3,(H,20,22)/t17-/m0/s1. The maximum Gasteiger partial charge on any atom is 0.243 e. The Morgan fingerprint density at radius 2 is 1.92 bits per heavy atom. The first-order valence-electron chi connectivity index (χ1n) is 8.03. The molecule has 0 aromatic heterocycles. The van der Waals surface area contributed by atoms with Gasteiger partial charge < -0.3 is 5.32 Å². The molecule has 2 aromatic carbocycles. The first-order chi connectivity index (χ1) is 11.9. The number of halogens is 1. The molecule has 3 rings (SSSR count). The van der Waals surface area contributed by atoms with Gasteiger partial charge in [-0.15, -0.1) is 0 Å². The van der Waals surface area contributed by atoms with E-state index in [0.717, 1.165) is 5.56 Å². The van der Waals surface area contributed by atoms with E-state index >= 15 is 0 Å². The van der Waals surface area contributed by atoms with Gasteiger partial charge in [-0.25, -0.2) is 8.42 Å². The molecule has 0 aliphatic carbocycles. The van der Waals surface area contributed by atoms with Gasteiger partial charge in [-0.3, -0.25) is 4.79 Å². The number of amides is 1. The lowest BCUT2D eigenvalue weighted by atomic mass is 10.2. The summed E-state index contributed by atoms with van der Waals surface area (Å²) in [5, 5.41) is 3.34. The van der Waals surface area contributed by atoms with Gasteiger partial charge in [0, 0.05) is 17.3 Å². The Kier molecular flexibility index (Phi) is 5.13. The van der Waals surface area contributed by atoms with Crippen molar-refractivity contribution in [1.29, 1.82) is 0 Å². The average molecular weight is 379 g/mol. The summed E-state index contributed by atoms with van der Waals surface area (Å²) in [6.45, 7) is 2.18. The van der Waals surface area contributed by atoms with Gasteiger partial charge in [0.25, 0.3) is 0 Å². The van der Waals surface area contributed by atoms with Crippen molar-refractivity contribution >= 4 is 33.2 Å². The van der Waals surface area contributed by atoms with E-state index in [2.05, 4.69) is 5.32 Å². The van der Waals surface area contributed by atoms with Crippen LogP contribution in [0.2, 0.25) is 5.02 Å². The Bertz CT molecular complexity index is 881. The monoisotopic (exact) mass is 378 g/mol. The van der Waals surface area contributed by atoms with E-state index in [1.165, 1.54) is 4.31 Å². The third kappa shape index (κ3) is 3.86. The largest absolute Gasteiger partial charge is 0.325 e. The average Bonchev–Trinajstić information content (AvgIpc) is 3.07. The Balaban J connectivity index is 1.82. The molecular formula is C18H19ClN2O3S. The molecule has 1 heterocycles. The van der Waals surface area contributed by atoms with Crippen LogP contribution < -0.4 is 5.32 Å². The molecule has 1 saturated heterocycles. The van der Waals surface area contributed by atoms with E-state index < -0.39 is 16.1 Å². The van der Waals surface area contributed by atoms with E-state index in [1.807, 2.05) is 13.0 Å². The third-order valence-corrected chi connectivity index (χ3v) is 6.37.